The Hall–Kier alpha value is -2.37. The normalized spacial score (nSPS) is 10.4. The van der Waals surface area contributed by atoms with Gasteiger partial charge in [0.05, 0.1) is 18.3 Å². The standard InChI is InChI=1S/C13H14FN3O2/c1-2-9-6-16-12(19-9)7-17-13(18)10-5-8(15)3-4-11(10)14/h3-6H,2,7,15H2,1H3,(H,17,18). The van der Waals surface area contributed by atoms with Crippen molar-refractivity contribution >= 4 is 11.6 Å². The molecule has 0 bridgehead atoms. The van der Waals surface area contributed by atoms with Crippen molar-refractivity contribution in [3.63, 3.8) is 0 Å². The summed E-state index contributed by atoms with van der Waals surface area (Å²) >= 11 is 0. The van der Waals surface area contributed by atoms with Crippen LogP contribution in [0.5, 0.6) is 0 Å². The summed E-state index contributed by atoms with van der Waals surface area (Å²) in [6.07, 6.45) is 2.33. The van der Waals surface area contributed by atoms with E-state index in [2.05, 4.69) is 10.3 Å². The Labute approximate surface area is 109 Å². The van der Waals surface area contributed by atoms with E-state index < -0.39 is 11.7 Å². The van der Waals surface area contributed by atoms with Crippen molar-refractivity contribution in [2.24, 2.45) is 0 Å². The van der Waals surface area contributed by atoms with Gasteiger partial charge in [-0.1, -0.05) is 6.92 Å². The molecule has 6 heteroatoms. The van der Waals surface area contributed by atoms with E-state index >= 15 is 0 Å². The molecular formula is C13H14FN3O2. The summed E-state index contributed by atoms with van der Waals surface area (Å²) in [6.45, 7) is 2.04. The molecule has 5 nitrogen and oxygen atoms in total. The average Bonchev–Trinajstić information content (AvgIpc) is 2.87. The summed E-state index contributed by atoms with van der Waals surface area (Å²) < 4.78 is 18.8. The first kappa shape index (κ1) is 13.1. The number of aryl methyl sites for hydroxylation is 1. The number of carbonyl (C=O) groups excluding carboxylic acids is 1. The molecule has 19 heavy (non-hydrogen) atoms. The monoisotopic (exact) mass is 263 g/mol. The van der Waals surface area contributed by atoms with Gasteiger partial charge in [0.25, 0.3) is 5.91 Å². The van der Waals surface area contributed by atoms with E-state index in [4.69, 9.17) is 10.2 Å². The van der Waals surface area contributed by atoms with Gasteiger partial charge in [0.2, 0.25) is 5.89 Å². The van der Waals surface area contributed by atoms with Crippen LogP contribution in [0.1, 0.15) is 28.9 Å². The Morgan fingerprint density at radius 3 is 3.00 bits per heavy atom. The SMILES string of the molecule is CCc1cnc(CNC(=O)c2cc(N)ccc2F)o1. The summed E-state index contributed by atoms with van der Waals surface area (Å²) in [5, 5.41) is 2.53. The van der Waals surface area contributed by atoms with E-state index in [1.54, 1.807) is 6.20 Å². The van der Waals surface area contributed by atoms with Crippen LogP contribution in [0, 0.1) is 5.82 Å². The molecule has 0 aliphatic heterocycles. The fourth-order valence-electron chi connectivity index (χ4n) is 1.56. The highest BCUT2D eigenvalue weighted by molar-refractivity contribution is 5.95. The summed E-state index contributed by atoms with van der Waals surface area (Å²) in [4.78, 5) is 15.8. The third kappa shape index (κ3) is 3.09. The van der Waals surface area contributed by atoms with Gasteiger partial charge in [-0.25, -0.2) is 9.37 Å². The number of nitrogens with two attached hydrogens (primary N) is 1. The van der Waals surface area contributed by atoms with E-state index in [9.17, 15) is 9.18 Å². The van der Waals surface area contributed by atoms with Gasteiger partial charge in [-0.2, -0.15) is 0 Å². The summed E-state index contributed by atoms with van der Waals surface area (Å²) in [5.41, 5.74) is 5.75. The van der Waals surface area contributed by atoms with Crippen molar-refractivity contribution in [3.05, 3.63) is 47.4 Å². The first-order valence-electron chi connectivity index (χ1n) is 5.87. The zero-order valence-corrected chi connectivity index (χ0v) is 10.4. The van der Waals surface area contributed by atoms with Crippen LogP contribution in [-0.2, 0) is 13.0 Å². The molecule has 0 spiro atoms. The summed E-state index contributed by atoms with van der Waals surface area (Å²) in [5.74, 6) is -0.0525. The Bertz CT molecular complexity index is 595. The van der Waals surface area contributed by atoms with Gasteiger partial charge >= 0.3 is 0 Å². The summed E-state index contributed by atoms with van der Waals surface area (Å²) in [7, 11) is 0. The van der Waals surface area contributed by atoms with Crippen molar-refractivity contribution < 1.29 is 13.6 Å². The number of amides is 1. The lowest BCUT2D eigenvalue weighted by atomic mass is 10.2. The Balaban J connectivity index is 2.03. The third-order valence-corrected chi connectivity index (χ3v) is 2.59. The van der Waals surface area contributed by atoms with Gasteiger partial charge in [-0.05, 0) is 18.2 Å². The number of nitrogens with zero attached hydrogens (tertiary/aromatic N) is 1. The predicted octanol–water partition coefficient (Wildman–Crippen LogP) is 1.89. The molecule has 0 saturated heterocycles. The topological polar surface area (TPSA) is 81.2 Å². The fourth-order valence-corrected chi connectivity index (χ4v) is 1.56. The fraction of sp³-hybridized carbons (Fsp3) is 0.231. The zero-order chi connectivity index (χ0) is 13.8. The molecule has 0 radical (unpaired) electrons. The predicted molar refractivity (Wildman–Crippen MR) is 67.9 cm³/mol. The van der Waals surface area contributed by atoms with Crippen molar-refractivity contribution in [2.75, 3.05) is 5.73 Å². The van der Waals surface area contributed by atoms with Crippen LogP contribution < -0.4 is 11.1 Å². The Kier molecular flexibility index (Phi) is 3.79. The van der Waals surface area contributed by atoms with Gasteiger partial charge in [-0.3, -0.25) is 4.79 Å². The number of aromatic nitrogens is 1. The maximum Gasteiger partial charge on any atom is 0.254 e. The molecule has 1 aromatic heterocycles. The van der Waals surface area contributed by atoms with E-state index in [1.165, 1.54) is 12.1 Å². The number of benzene rings is 1. The maximum absolute atomic E-state index is 13.4. The second-order valence-corrected chi connectivity index (χ2v) is 4.00. The van der Waals surface area contributed by atoms with Crippen LogP contribution in [0.3, 0.4) is 0 Å². The number of oxazole rings is 1. The highest BCUT2D eigenvalue weighted by Crippen LogP contribution is 2.12. The van der Waals surface area contributed by atoms with E-state index in [0.29, 0.717) is 11.6 Å². The smallest absolute Gasteiger partial charge is 0.254 e. The quantitative estimate of drug-likeness (QED) is 0.825. The molecule has 0 fully saturated rings. The van der Waals surface area contributed by atoms with Gasteiger partial charge < -0.3 is 15.5 Å². The van der Waals surface area contributed by atoms with Crippen molar-refractivity contribution in [1.29, 1.82) is 0 Å². The summed E-state index contributed by atoms with van der Waals surface area (Å²) in [6, 6.07) is 3.84. The van der Waals surface area contributed by atoms with E-state index in [-0.39, 0.29) is 12.1 Å². The van der Waals surface area contributed by atoms with E-state index in [0.717, 1.165) is 18.2 Å². The Morgan fingerprint density at radius 2 is 2.32 bits per heavy atom. The van der Waals surface area contributed by atoms with Crippen LogP contribution in [0.15, 0.2) is 28.8 Å². The second-order valence-electron chi connectivity index (χ2n) is 4.00. The molecule has 1 amide bonds. The number of hydrogen-bond donors (Lipinski definition) is 2. The number of carbonyl (C=O) groups is 1. The minimum atomic E-state index is -0.617. The lowest BCUT2D eigenvalue weighted by molar-refractivity contribution is 0.0943. The molecule has 2 aromatic rings. The van der Waals surface area contributed by atoms with Crippen molar-refractivity contribution in [1.82, 2.24) is 10.3 Å². The highest BCUT2D eigenvalue weighted by atomic mass is 19.1. The van der Waals surface area contributed by atoms with Gasteiger partial charge in [-0.15, -0.1) is 0 Å². The van der Waals surface area contributed by atoms with Crippen molar-refractivity contribution in [3.8, 4) is 0 Å². The molecule has 0 aliphatic rings. The number of hydrogen-bond acceptors (Lipinski definition) is 4. The molecule has 1 heterocycles. The zero-order valence-electron chi connectivity index (χ0n) is 10.4. The van der Waals surface area contributed by atoms with Crippen LogP contribution >= 0.6 is 0 Å². The Morgan fingerprint density at radius 1 is 1.53 bits per heavy atom. The van der Waals surface area contributed by atoms with Crippen LogP contribution in [0.2, 0.25) is 0 Å². The molecule has 2 rings (SSSR count). The lowest BCUT2D eigenvalue weighted by Gasteiger charge is -2.05. The van der Waals surface area contributed by atoms with Crippen LogP contribution in [0.25, 0.3) is 0 Å². The molecule has 0 saturated carbocycles. The molecule has 3 N–H and O–H groups in total. The highest BCUT2D eigenvalue weighted by Gasteiger charge is 2.12. The van der Waals surface area contributed by atoms with E-state index in [1.807, 2.05) is 6.92 Å². The largest absolute Gasteiger partial charge is 0.444 e. The first-order chi connectivity index (χ1) is 9.10. The van der Waals surface area contributed by atoms with Crippen LogP contribution in [-0.4, -0.2) is 10.9 Å². The van der Waals surface area contributed by atoms with Gasteiger partial charge in [0.15, 0.2) is 0 Å². The first-order valence-corrected chi connectivity index (χ1v) is 5.87. The van der Waals surface area contributed by atoms with Crippen molar-refractivity contribution in [2.45, 2.75) is 19.9 Å². The molecule has 0 atom stereocenters. The van der Waals surface area contributed by atoms with Gasteiger partial charge in [0, 0.05) is 12.1 Å². The number of nitrogens with one attached hydrogen (secondary N) is 1. The number of anilines is 1. The number of halogens is 1. The van der Waals surface area contributed by atoms with Gasteiger partial charge in [0.1, 0.15) is 11.6 Å². The maximum atomic E-state index is 13.4. The molecule has 0 aliphatic carbocycles. The molecule has 1 aromatic carbocycles. The molecule has 0 unspecified atom stereocenters. The number of nitrogen functional groups attached to an aromatic ring is 1. The average molecular weight is 263 g/mol. The second kappa shape index (κ2) is 5.51. The molecular weight excluding hydrogens is 249 g/mol. The van der Waals surface area contributed by atoms with Crippen LogP contribution in [0.4, 0.5) is 10.1 Å². The number of rotatable bonds is 4. The third-order valence-electron chi connectivity index (χ3n) is 2.59. The lowest BCUT2D eigenvalue weighted by Crippen LogP contribution is -2.24. The minimum absolute atomic E-state index is 0.0951. The molecule has 100 valence electrons. The minimum Gasteiger partial charge on any atom is -0.444 e.